The van der Waals surface area contributed by atoms with Gasteiger partial charge in [0, 0.05) is 44.0 Å². The highest BCUT2D eigenvalue weighted by molar-refractivity contribution is 7.98. The number of nitrogens with zero attached hydrogens (tertiary/aromatic N) is 3. The Bertz CT molecular complexity index is 915. The van der Waals surface area contributed by atoms with Crippen LogP contribution in [0.2, 0.25) is 0 Å². The first kappa shape index (κ1) is 22.6. The first-order chi connectivity index (χ1) is 15.9. The highest BCUT2D eigenvalue weighted by atomic mass is 32.2. The van der Waals surface area contributed by atoms with Gasteiger partial charge in [0.1, 0.15) is 11.5 Å². The van der Waals surface area contributed by atoms with Crippen LogP contribution in [0.25, 0.3) is 11.5 Å². The lowest BCUT2D eigenvalue weighted by Crippen LogP contribution is -2.43. The number of benzene rings is 2. The molecule has 0 radical (unpaired) electrons. The molecular formula is C24H30N4O3S. The molecule has 7 nitrogen and oxygen atoms in total. The zero-order chi connectivity index (χ0) is 21.8. The van der Waals surface area contributed by atoms with E-state index >= 15 is 0 Å². The molecule has 8 heteroatoms. The molecule has 1 aliphatic rings. The number of hydrogen-bond donors (Lipinski definition) is 1. The lowest BCUT2D eigenvalue weighted by atomic mass is 10.2. The Labute approximate surface area is 193 Å². The predicted molar refractivity (Wildman–Crippen MR) is 127 cm³/mol. The van der Waals surface area contributed by atoms with Crippen LogP contribution in [-0.4, -0.2) is 66.8 Å². The third-order valence-electron chi connectivity index (χ3n) is 5.13. The maximum atomic E-state index is 5.88. The fourth-order valence-corrected chi connectivity index (χ4v) is 4.07. The smallest absolute Gasteiger partial charge is 0.247 e. The van der Waals surface area contributed by atoms with Crippen LogP contribution in [0.1, 0.15) is 12.3 Å². The van der Waals surface area contributed by atoms with Crippen molar-refractivity contribution in [3.8, 4) is 23.0 Å². The lowest BCUT2D eigenvalue weighted by molar-refractivity contribution is 0.214. The molecule has 1 saturated heterocycles. The van der Waals surface area contributed by atoms with Crippen LogP contribution in [0.5, 0.6) is 11.5 Å². The van der Waals surface area contributed by atoms with E-state index in [4.69, 9.17) is 13.9 Å². The van der Waals surface area contributed by atoms with Crippen LogP contribution in [0.3, 0.4) is 0 Å². The minimum Gasteiger partial charge on any atom is -0.494 e. The summed E-state index contributed by atoms with van der Waals surface area (Å²) in [6.07, 6.45) is 1.03. The molecule has 0 aliphatic carbocycles. The van der Waals surface area contributed by atoms with Gasteiger partial charge in [0.25, 0.3) is 0 Å². The average molecular weight is 455 g/mol. The standard InChI is InChI=1S/C24H30N4O3S/c1-2-5-21(6-3-1)30-17-18-32-19-23-26-27-24(31-23)20-7-9-22(10-8-20)29-16-4-13-28-14-11-25-12-15-28/h1-3,5-10,25H,4,11-19H2. The molecule has 1 aromatic heterocycles. The molecule has 0 atom stereocenters. The molecule has 0 unspecified atom stereocenters. The molecular weight excluding hydrogens is 424 g/mol. The van der Waals surface area contributed by atoms with Crippen molar-refractivity contribution in [1.82, 2.24) is 20.4 Å². The van der Waals surface area contributed by atoms with Gasteiger partial charge < -0.3 is 24.1 Å². The molecule has 2 aromatic carbocycles. The van der Waals surface area contributed by atoms with E-state index in [-0.39, 0.29) is 0 Å². The van der Waals surface area contributed by atoms with E-state index in [0.29, 0.717) is 24.1 Å². The summed E-state index contributed by atoms with van der Waals surface area (Å²) in [6.45, 7) is 6.87. The van der Waals surface area contributed by atoms with Crippen molar-refractivity contribution < 1.29 is 13.9 Å². The van der Waals surface area contributed by atoms with Gasteiger partial charge in [0.05, 0.1) is 19.0 Å². The Balaban J connectivity index is 1.14. The maximum Gasteiger partial charge on any atom is 0.247 e. The van der Waals surface area contributed by atoms with Gasteiger partial charge in [-0.15, -0.1) is 22.0 Å². The maximum absolute atomic E-state index is 5.88. The Morgan fingerprint density at radius 3 is 2.47 bits per heavy atom. The van der Waals surface area contributed by atoms with Crippen molar-refractivity contribution in [3.63, 3.8) is 0 Å². The fourth-order valence-electron chi connectivity index (χ4n) is 3.43. The zero-order valence-corrected chi connectivity index (χ0v) is 19.1. The number of ether oxygens (including phenoxy) is 2. The summed E-state index contributed by atoms with van der Waals surface area (Å²) in [5.41, 5.74) is 0.898. The van der Waals surface area contributed by atoms with Crippen LogP contribution in [-0.2, 0) is 5.75 Å². The second kappa shape index (κ2) is 12.5. The summed E-state index contributed by atoms with van der Waals surface area (Å²) in [5, 5.41) is 11.7. The molecule has 0 amide bonds. The van der Waals surface area contributed by atoms with Gasteiger partial charge in [-0.3, -0.25) is 0 Å². The van der Waals surface area contributed by atoms with Gasteiger partial charge in [0.2, 0.25) is 11.8 Å². The molecule has 2 heterocycles. The number of nitrogens with one attached hydrogen (secondary N) is 1. The number of aromatic nitrogens is 2. The first-order valence-corrected chi connectivity index (χ1v) is 12.3. The van der Waals surface area contributed by atoms with Gasteiger partial charge in [0.15, 0.2) is 0 Å². The molecule has 1 fully saturated rings. The fraction of sp³-hybridized carbons (Fsp3) is 0.417. The Hall–Kier alpha value is -2.55. The molecule has 32 heavy (non-hydrogen) atoms. The average Bonchev–Trinajstić information content (AvgIpc) is 3.32. The van der Waals surface area contributed by atoms with Crippen molar-refractivity contribution in [2.24, 2.45) is 0 Å². The van der Waals surface area contributed by atoms with E-state index in [1.165, 1.54) is 0 Å². The molecule has 0 spiro atoms. The summed E-state index contributed by atoms with van der Waals surface area (Å²) in [7, 11) is 0. The minimum atomic E-state index is 0.534. The number of para-hydroxylation sites is 1. The minimum absolute atomic E-state index is 0.534. The summed E-state index contributed by atoms with van der Waals surface area (Å²) in [4.78, 5) is 2.48. The largest absolute Gasteiger partial charge is 0.494 e. The van der Waals surface area contributed by atoms with Gasteiger partial charge in [-0.25, -0.2) is 0 Å². The monoisotopic (exact) mass is 454 g/mol. The highest BCUT2D eigenvalue weighted by Gasteiger charge is 2.10. The zero-order valence-electron chi connectivity index (χ0n) is 18.2. The normalized spacial score (nSPS) is 14.4. The topological polar surface area (TPSA) is 72.7 Å². The second-order valence-electron chi connectivity index (χ2n) is 7.53. The van der Waals surface area contributed by atoms with E-state index in [1.807, 2.05) is 54.6 Å². The van der Waals surface area contributed by atoms with Crippen LogP contribution < -0.4 is 14.8 Å². The quantitative estimate of drug-likeness (QED) is 0.415. The van der Waals surface area contributed by atoms with Gasteiger partial charge in [-0.1, -0.05) is 18.2 Å². The van der Waals surface area contributed by atoms with Crippen molar-refractivity contribution in [3.05, 3.63) is 60.5 Å². The third-order valence-corrected chi connectivity index (χ3v) is 6.04. The van der Waals surface area contributed by atoms with E-state index in [9.17, 15) is 0 Å². The third kappa shape index (κ3) is 7.25. The van der Waals surface area contributed by atoms with Crippen molar-refractivity contribution in [2.45, 2.75) is 12.2 Å². The van der Waals surface area contributed by atoms with Crippen molar-refractivity contribution in [1.29, 1.82) is 0 Å². The number of piperazine rings is 1. The Kier molecular flexibility index (Phi) is 8.83. The summed E-state index contributed by atoms with van der Waals surface area (Å²) < 4.78 is 17.4. The lowest BCUT2D eigenvalue weighted by Gasteiger charge is -2.26. The van der Waals surface area contributed by atoms with Gasteiger partial charge >= 0.3 is 0 Å². The molecule has 4 rings (SSSR count). The predicted octanol–water partition coefficient (Wildman–Crippen LogP) is 3.72. The van der Waals surface area contributed by atoms with Gasteiger partial charge in [-0.05, 0) is 42.8 Å². The van der Waals surface area contributed by atoms with Gasteiger partial charge in [-0.2, -0.15) is 0 Å². The number of hydrogen-bond acceptors (Lipinski definition) is 8. The summed E-state index contributed by atoms with van der Waals surface area (Å²) in [5.74, 6) is 4.43. The molecule has 0 bridgehead atoms. The second-order valence-corrected chi connectivity index (χ2v) is 8.64. The Morgan fingerprint density at radius 2 is 1.66 bits per heavy atom. The number of thioether (sulfide) groups is 1. The summed E-state index contributed by atoms with van der Waals surface area (Å²) >= 11 is 1.71. The molecule has 3 aromatic rings. The van der Waals surface area contributed by atoms with Crippen LogP contribution in [0, 0.1) is 0 Å². The summed E-state index contributed by atoms with van der Waals surface area (Å²) in [6, 6.07) is 17.7. The van der Waals surface area contributed by atoms with Crippen LogP contribution in [0.4, 0.5) is 0 Å². The van der Waals surface area contributed by atoms with E-state index in [0.717, 1.165) is 68.6 Å². The molecule has 0 saturated carbocycles. The van der Waals surface area contributed by atoms with E-state index < -0.39 is 0 Å². The van der Waals surface area contributed by atoms with Crippen molar-refractivity contribution in [2.75, 3.05) is 51.7 Å². The van der Waals surface area contributed by atoms with Crippen molar-refractivity contribution >= 4 is 11.8 Å². The SMILES string of the molecule is c1ccc(OCCSCc2nnc(-c3ccc(OCCCN4CCNCC4)cc3)o2)cc1. The highest BCUT2D eigenvalue weighted by Crippen LogP contribution is 2.23. The van der Waals surface area contributed by atoms with Crippen LogP contribution in [0.15, 0.2) is 59.0 Å². The Morgan fingerprint density at radius 1 is 0.906 bits per heavy atom. The molecule has 1 aliphatic heterocycles. The van der Waals surface area contributed by atoms with Crippen LogP contribution >= 0.6 is 11.8 Å². The number of rotatable bonds is 12. The van der Waals surface area contributed by atoms with E-state index in [1.54, 1.807) is 11.8 Å². The molecule has 1 N–H and O–H groups in total. The molecule has 170 valence electrons. The first-order valence-electron chi connectivity index (χ1n) is 11.1. The van der Waals surface area contributed by atoms with E-state index in [2.05, 4.69) is 20.4 Å².